The fraction of sp³-hybridized carbons (Fsp3) is 0.857. The molecule has 5 heteroatoms. The lowest BCUT2D eigenvalue weighted by atomic mass is 9.76. The lowest BCUT2D eigenvalue weighted by Gasteiger charge is -2.33. The molecule has 110 valence electrons. The molecular weight excluding hydrogens is 244 g/mol. The van der Waals surface area contributed by atoms with Crippen LogP contribution in [0.2, 0.25) is 0 Å². The van der Waals surface area contributed by atoms with Crippen LogP contribution in [0.5, 0.6) is 0 Å². The van der Waals surface area contributed by atoms with Crippen LogP contribution in [-0.2, 0) is 9.59 Å². The second kappa shape index (κ2) is 5.49. The second-order valence-corrected chi connectivity index (χ2v) is 5.96. The summed E-state index contributed by atoms with van der Waals surface area (Å²) in [7, 11) is 0. The lowest BCUT2D eigenvalue weighted by molar-refractivity contribution is -0.151. The molecule has 5 nitrogen and oxygen atoms in total. The molecule has 0 aromatic carbocycles. The number of likely N-dealkylation sites (tertiary alicyclic amines) is 1. The Morgan fingerprint density at radius 3 is 2.21 bits per heavy atom. The van der Waals surface area contributed by atoms with Crippen LogP contribution in [0.25, 0.3) is 0 Å². The van der Waals surface area contributed by atoms with Crippen molar-refractivity contribution in [1.82, 2.24) is 4.90 Å². The van der Waals surface area contributed by atoms with Gasteiger partial charge in [0.25, 0.3) is 0 Å². The molecule has 19 heavy (non-hydrogen) atoms. The zero-order valence-electron chi connectivity index (χ0n) is 12.4. The molecule has 0 radical (unpaired) electrons. The van der Waals surface area contributed by atoms with E-state index < -0.39 is 16.9 Å². The Hall–Kier alpha value is -1.10. The standard InChI is InChI=1S/C14H26N2O3/c1-5-14(15,6-2)11(17)16-8-7-13(9-16,10(3)4)12(18)19/h10H,5-9,15H2,1-4H3,(H,18,19). The van der Waals surface area contributed by atoms with E-state index in [4.69, 9.17) is 5.73 Å². The summed E-state index contributed by atoms with van der Waals surface area (Å²) < 4.78 is 0. The summed E-state index contributed by atoms with van der Waals surface area (Å²) in [5, 5.41) is 9.48. The van der Waals surface area contributed by atoms with Gasteiger partial charge in [-0.1, -0.05) is 27.7 Å². The van der Waals surface area contributed by atoms with Crippen LogP contribution in [0.3, 0.4) is 0 Å². The molecule has 1 fully saturated rings. The average Bonchev–Trinajstić information content (AvgIpc) is 2.83. The van der Waals surface area contributed by atoms with Crippen LogP contribution in [0.15, 0.2) is 0 Å². The van der Waals surface area contributed by atoms with Gasteiger partial charge in [-0.05, 0) is 25.2 Å². The molecule has 0 bridgehead atoms. The maximum Gasteiger partial charge on any atom is 0.311 e. The number of hydrogen-bond donors (Lipinski definition) is 2. The minimum Gasteiger partial charge on any atom is -0.481 e. The lowest BCUT2D eigenvalue weighted by Crippen LogP contribution is -2.55. The van der Waals surface area contributed by atoms with Gasteiger partial charge >= 0.3 is 5.97 Å². The normalized spacial score (nSPS) is 24.0. The highest BCUT2D eigenvalue weighted by Gasteiger charge is 2.50. The first-order valence-corrected chi connectivity index (χ1v) is 7.05. The molecule has 3 N–H and O–H groups in total. The second-order valence-electron chi connectivity index (χ2n) is 5.96. The van der Waals surface area contributed by atoms with Crippen LogP contribution in [0.1, 0.15) is 47.0 Å². The topological polar surface area (TPSA) is 83.6 Å². The number of hydrogen-bond acceptors (Lipinski definition) is 3. The van der Waals surface area contributed by atoms with Crippen molar-refractivity contribution in [3.05, 3.63) is 0 Å². The number of carbonyl (C=O) groups is 2. The number of rotatable bonds is 5. The van der Waals surface area contributed by atoms with E-state index >= 15 is 0 Å². The number of amides is 1. The maximum atomic E-state index is 12.5. The number of nitrogens with two attached hydrogens (primary N) is 1. The van der Waals surface area contributed by atoms with Crippen molar-refractivity contribution >= 4 is 11.9 Å². The zero-order valence-corrected chi connectivity index (χ0v) is 12.4. The van der Waals surface area contributed by atoms with Gasteiger partial charge in [-0.15, -0.1) is 0 Å². The predicted octanol–water partition coefficient (Wildman–Crippen LogP) is 1.46. The van der Waals surface area contributed by atoms with Gasteiger partial charge in [0.15, 0.2) is 0 Å². The van der Waals surface area contributed by atoms with Crippen LogP contribution in [0, 0.1) is 11.3 Å². The molecule has 0 aromatic heterocycles. The Morgan fingerprint density at radius 2 is 1.89 bits per heavy atom. The SMILES string of the molecule is CCC(N)(CC)C(=O)N1CCC(C(=O)O)(C(C)C)C1. The summed E-state index contributed by atoms with van der Waals surface area (Å²) in [4.78, 5) is 25.7. The molecule has 0 aliphatic carbocycles. The highest BCUT2D eigenvalue weighted by molar-refractivity contribution is 5.87. The van der Waals surface area contributed by atoms with Crippen LogP contribution >= 0.6 is 0 Å². The Bertz CT molecular complexity index is 364. The van der Waals surface area contributed by atoms with E-state index in [1.54, 1.807) is 4.90 Å². The first kappa shape index (κ1) is 16.0. The Labute approximate surface area is 115 Å². The van der Waals surface area contributed by atoms with Crippen molar-refractivity contribution in [2.75, 3.05) is 13.1 Å². The van der Waals surface area contributed by atoms with E-state index in [0.717, 1.165) is 0 Å². The fourth-order valence-electron chi connectivity index (χ4n) is 2.77. The van der Waals surface area contributed by atoms with Gasteiger partial charge in [-0.2, -0.15) is 0 Å². The number of aliphatic carboxylic acids is 1. The van der Waals surface area contributed by atoms with E-state index in [-0.39, 0.29) is 18.4 Å². The highest BCUT2D eigenvalue weighted by Crippen LogP contribution is 2.39. The van der Waals surface area contributed by atoms with E-state index in [9.17, 15) is 14.7 Å². The molecule has 0 spiro atoms. The molecule has 1 atom stereocenters. The van der Waals surface area contributed by atoms with Gasteiger partial charge < -0.3 is 15.7 Å². The van der Waals surface area contributed by atoms with Crippen molar-refractivity contribution < 1.29 is 14.7 Å². The van der Waals surface area contributed by atoms with Crippen LogP contribution in [0.4, 0.5) is 0 Å². The van der Waals surface area contributed by atoms with Gasteiger partial charge in [-0.3, -0.25) is 9.59 Å². The summed E-state index contributed by atoms with van der Waals surface area (Å²) in [6.07, 6.45) is 1.65. The third-order valence-electron chi connectivity index (χ3n) is 4.81. The Balaban J connectivity index is 2.92. The largest absolute Gasteiger partial charge is 0.481 e. The van der Waals surface area contributed by atoms with E-state index in [0.29, 0.717) is 25.8 Å². The smallest absolute Gasteiger partial charge is 0.311 e. The first-order valence-electron chi connectivity index (χ1n) is 7.05. The summed E-state index contributed by atoms with van der Waals surface area (Å²) in [6, 6.07) is 0. The minimum absolute atomic E-state index is 0.00164. The average molecular weight is 270 g/mol. The van der Waals surface area contributed by atoms with Crippen LogP contribution in [-0.4, -0.2) is 40.5 Å². The molecule has 1 aliphatic heterocycles. The summed E-state index contributed by atoms with van der Waals surface area (Å²) >= 11 is 0. The van der Waals surface area contributed by atoms with Crippen molar-refractivity contribution in [3.8, 4) is 0 Å². The van der Waals surface area contributed by atoms with Crippen molar-refractivity contribution in [2.24, 2.45) is 17.1 Å². The third-order valence-corrected chi connectivity index (χ3v) is 4.81. The summed E-state index contributed by atoms with van der Waals surface area (Å²) in [6.45, 7) is 8.35. The van der Waals surface area contributed by atoms with E-state index in [2.05, 4.69) is 0 Å². The molecule has 1 saturated heterocycles. The van der Waals surface area contributed by atoms with Gasteiger partial charge in [0.1, 0.15) is 0 Å². The number of carboxylic acids is 1. The molecule has 1 heterocycles. The molecule has 1 rings (SSSR count). The first-order chi connectivity index (χ1) is 8.73. The van der Waals surface area contributed by atoms with Gasteiger partial charge in [0.2, 0.25) is 5.91 Å². The third kappa shape index (κ3) is 2.61. The molecule has 1 amide bonds. The van der Waals surface area contributed by atoms with E-state index in [1.807, 2.05) is 27.7 Å². The molecule has 1 unspecified atom stereocenters. The quantitative estimate of drug-likeness (QED) is 0.792. The van der Waals surface area contributed by atoms with E-state index in [1.165, 1.54) is 0 Å². The van der Waals surface area contributed by atoms with Crippen molar-refractivity contribution in [1.29, 1.82) is 0 Å². The van der Waals surface area contributed by atoms with Crippen molar-refractivity contribution in [2.45, 2.75) is 52.5 Å². The summed E-state index contributed by atoms with van der Waals surface area (Å²) in [5.41, 5.74) is 4.45. The monoisotopic (exact) mass is 270 g/mol. The zero-order chi connectivity index (χ0) is 14.8. The number of carboxylic acid groups (broad SMARTS) is 1. The predicted molar refractivity (Wildman–Crippen MR) is 73.6 cm³/mol. The molecule has 1 aliphatic rings. The number of nitrogens with zero attached hydrogens (tertiary/aromatic N) is 1. The fourth-order valence-corrected chi connectivity index (χ4v) is 2.77. The minimum atomic E-state index is -0.856. The maximum absolute atomic E-state index is 12.5. The van der Waals surface area contributed by atoms with Crippen LogP contribution < -0.4 is 5.73 Å². The van der Waals surface area contributed by atoms with Gasteiger partial charge in [0.05, 0.1) is 11.0 Å². The molecule has 0 saturated carbocycles. The molecule has 0 aromatic rings. The Kier molecular flexibility index (Phi) is 4.61. The van der Waals surface area contributed by atoms with Gasteiger partial charge in [0, 0.05) is 13.1 Å². The van der Waals surface area contributed by atoms with Crippen molar-refractivity contribution in [3.63, 3.8) is 0 Å². The highest BCUT2D eigenvalue weighted by atomic mass is 16.4. The van der Waals surface area contributed by atoms with Gasteiger partial charge in [-0.25, -0.2) is 0 Å². The Morgan fingerprint density at radius 1 is 1.37 bits per heavy atom. The summed E-state index contributed by atoms with van der Waals surface area (Å²) in [5.74, 6) is -0.923. The molecular formula is C14H26N2O3. The number of carbonyl (C=O) groups excluding carboxylic acids is 1.